The predicted molar refractivity (Wildman–Crippen MR) is 50.2 cm³/mol. The van der Waals surface area contributed by atoms with Gasteiger partial charge in [-0.15, -0.1) is 0 Å². The Labute approximate surface area is 83.1 Å². The Morgan fingerprint density at radius 1 is 1.46 bits per heavy atom. The van der Waals surface area contributed by atoms with E-state index in [1.807, 2.05) is 0 Å². The smallest absolute Gasteiger partial charge is 0.221 e. The molecule has 0 aliphatic rings. The zero-order chi connectivity index (χ0) is 10.4. The number of carboxylic acids is 1. The zero-order valence-electron chi connectivity index (χ0n) is 7.74. The molecular weight excluding hydrogens is 190 g/mol. The van der Waals surface area contributed by atoms with E-state index in [2.05, 4.69) is 17.9 Å². The zero-order valence-corrected chi connectivity index (χ0v) is 8.64. The fraction of sp³-hybridized carbons (Fsp3) is 0.750. The van der Waals surface area contributed by atoms with Gasteiger partial charge in [0.2, 0.25) is 5.91 Å². The van der Waals surface area contributed by atoms with E-state index in [4.69, 9.17) is 0 Å². The summed E-state index contributed by atoms with van der Waals surface area (Å²) in [4.78, 5) is 21.5. The third-order valence-electron chi connectivity index (χ3n) is 1.58. The van der Waals surface area contributed by atoms with E-state index in [-0.39, 0.29) is 18.2 Å². The van der Waals surface area contributed by atoms with Crippen LogP contribution in [0.4, 0.5) is 0 Å². The molecule has 0 aliphatic carbocycles. The van der Waals surface area contributed by atoms with Gasteiger partial charge in [0.05, 0.1) is 12.0 Å². The van der Waals surface area contributed by atoms with Gasteiger partial charge in [-0.05, 0) is 11.7 Å². The van der Waals surface area contributed by atoms with Crippen molar-refractivity contribution in [3.63, 3.8) is 0 Å². The second-order valence-corrected chi connectivity index (χ2v) is 3.53. The van der Waals surface area contributed by atoms with Gasteiger partial charge in [-0.2, -0.15) is 12.6 Å². The second kappa shape index (κ2) is 5.85. The summed E-state index contributed by atoms with van der Waals surface area (Å²) >= 11 is 3.86. The molecule has 1 N–H and O–H groups in total. The molecule has 4 nitrogen and oxygen atoms in total. The van der Waals surface area contributed by atoms with Gasteiger partial charge in [0.1, 0.15) is 0 Å². The van der Waals surface area contributed by atoms with Gasteiger partial charge in [-0.3, -0.25) is 4.79 Å². The Morgan fingerprint density at radius 2 is 2.00 bits per heavy atom. The number of carbonyl (C=O) groups is 2. The average Bonchev–Trinajstić information content (AvgIpc) is 1.99. The summed E-state index contributed by atoms with van der Waals surface area (Å²) in [6.45, 7) is 3.42. The molecule has 0 radical (unpaired) electrons. The van der Waals surface area contributed by atoms with Crippen LogP contribution >= 0.6 is 12.6 Å². The molecule has 1 amide bonds. The second-order valence-electron chi connectivity index (χ2n) is 3.08. The van der Waals surface area contributed by atoms with E-state index in [1.165, 1.54) is 0 Å². The average molecular weight is 204 g/mol. The predicted octanol–water partition coefficient (Wildman–Crippen LogP) is -0.803. The summed E-state index contributed by atoms with van der Waals surface area (Å²) in [5, 5.41) is 12.9. The quantitative estimate of drug-likeness (QED) is 0.576. The molecule has 13 heavy (non-hydrogen) atoms. The fourth-order valence-electron chi connectivity index (χ4n) is 0.845. The Bertz CT molecular complexity index is 194. The monoisotopic (exact) mass is 204 g/mol. The molecule has 0 bridgehead atoms. The molecule has 1 atom stereocenters. The maximum Gasteiger partial charge on any atom is 0.221 e. The van der Waals surface area contributed by atoms with Gasteiger partial charge in [-0.1, -0.05) is 13.8 Å². The van der Waals surface area contributed by atoms with Crippen molar-refractivity contribution in [3.05, 3.63) is 0 Å². The minimum atomic E-state index is -1.25. The van der Waals surface area contributed by atoms with Crippen LogP contribution in [-0.2, 0) is 9.59 Å². The third kappa shape index (κ3) is 4.77. The number of rotatable bonds is 5. The highest BCUT2D eigenvalue weighted by atomic mass is 32.1. The molecule has 76 valence electrons. The van der Waals surface area contributed by atoms with Crippen LogP contribution in [-0.4, -0.2) is 23.7 Å². The lowest BCUT2D eigenvalue weighted by atomic mass is 10.0. The molecule has 0 saturated carbocycles. The molecule has 0 aromatic rings. The van der Waals surface area contributed by atoms with Crippen molar-refractivity contribution in [2.45, 2.75) is 26.3 Å². The van der Waals surface area contributed by atoms with Crippen LogP contribution in [0.3, 0.4) is 0 Å². The van der Waals surface area contributed by atoms with Crippen molar-refractivity contribution in [1.29, 1.82) is 0 Å². The summed E-state index contributed by atoms with van der Waals surface area (Å²) < 4.78 is 0. The van der Waals surface area contributed by atoms with Gasteiger partial charge >= 0.3 is 0 Å². The van der Waals surface area contributed by atoms with Crippen molar-refractivity contribution in [2.75, 3.05) is 5.75 Å². The van der Waals surface area contributed by atoms with Crippen molar-refractivity contribution in [1.82, 2.24) is 5.32 Å². The lowest BCUT2D eigenvalue weighted by molar-refractivity contribution is -0.309. The maximum absolute atomic E-state index is 11.0. The molecule has 0 unspecified atom stereocenters. The summed E-state index contributed by atoms with van der Waals surface area (Å²) in [5.74, 6) is -1.32. The number of thiol groups is 1. The van der Waals surface area contributed by atoms with E-state index in [1.54, 1.807) is 13.8 Å². The van der Waals surface area contributed by atoms with Crippen molar-refractivity contribution < 1.29 is 14.7 Å². The summed E-state index contributed by atoms with van der Waals surface area (Å²) in [5.41, 5.74) is 0. The Balaban J connectivity index is 4.10. The molecular formula is C8H14NO3S-. The molecule has 0 heterocycles. The Morgan fingerprint density at radius 3 is 2.31 bits per heavy atom. The van der Waals surface area contributed by atoms with Crippen LogP contribution in [0, 0.1) is 5.92 Å². The van der Waals surface area contributed by atoms with Gasteiger partial charge in [0.25, 0.3) is 0 Å². The van der Waals surface area contributed by atoms with Gasteiger partial charge in [0.15, 0.2) is 0 Å². The van der Waals surface area contributed by atoms with Crippen LogP contribution in [0.1, 0.15) is 20.3 Å². The van der Waals surface area contributed by atoms with Gasteiger partial charge in [0, 0.05) is 6.42 Å². The highest BCUT2D eigenvalue weighted by Gasteiger charge is 2.16. The van der Waals surface area contributed by atoms with Crippen molar-refractivity contribution in [3.8, 4) is 0 Å². The first-order valence-electron chi connectivity index (χ1n) is 4.10. The number of carboxylic acid groups (broad SMARTS) is 1. The molecule has 0 aliphatic heterocycles. The number of hydrogen-bond acceptors (Lipinski definition) is 4. The highest BCUT2D eigenvalue weighted by molar-refractivity contribution is 7.80. The minimum absolute atomic E-state index is 0.172. The molecule has 0 saturated heterocycles. The first kappa shape index (κ1) is 12.3. The van der Waals surface area contributed by atoms with E-state index in [0.717, 1.165) is 0 Å². The molecule has 0 aromatic heterocycles. The third-order valence-corrected chi connectivity index (χ3v) is 1.80. The van der Waals surface area contributed by atoms with Gasteiger partial charge < -0.3 is 15.2 Å². The highest BCUT2D eigenvalue weighted by Crippen LogP contribution is 2.00. The molecule has 0 fully saturated rings. The lowest BCUT2D eigenvalue weighted by Crippen LogP contribution is -2.50. The van der Waals surface area contributed by atoms with E-state index in [9.17, 15) is 14.7 Å². The summed E-state index contributed by atoms with van der Waals surface area (Å²) in [7, 11) is 0. The minimum Gasteiger partial charge on any atom is -0.548 e. The van der Waals surface area contributed by atoms with Crippen LogP contribution < -0.4 is 10.4 Å². The number of aliphatic carboxylic acids is 1. The molecule has 5 heteroatoms. The largest absolute Gasteiger partial charge is 0.548 e. The molecule has 0 rings (SSSR count). The summed E-state index contributed by atoms with van der Waals surface area (Å²) in [6.07, 6.45) is 0.222. The van der Waals surface area contributed by atoms with Crippen LogP contribution in [0.15, 0.2) is 0 Å². The first-order valence-corrected chi connectivity index (χ1v) is 4.73. The van der Waals surface area contributed by atoms with E-state index < -0.39 is 12.0 Å². The molecule has 0 spiro atoms. The molecule has 0 aromatic carbocycles. The SMILES string of the molecule is CC(C)[C@@H](NC(=O)CCS)C(=O)[O-]. The lowest BCUT2D eigenvalue weighted by Gasteiger charge is -2.22. The number of amides is 1. The van der Waals surface area contributed by atoms with Crippen LogP contribution in [0.5, 0.6) is 0 Å². The van der Waals surface area contributed by atoms with Crippen LogP contribution in [0.2, 0.25) is 0 Å². The van der Waals surface area contributed by atoms with Gasteiger partial charge in [-0.25, -0.2) is 0 Å². The number of carbonyl (C=O) groups excluding carboxylic acids is 2. The summed E-state index contributed by atoms with van der Waals surface area (Å²) in [6, 6.07) is -0.910. The normalized spacial score (nSPS) is 12.6. The maximum atomic E-state index is 11.0. The van der Waals surface area contributed by atoms with E-state index in [0.29, 0.717) is 5.75 Å². The number of hydrogen-bond donors (Lipinski definition) is 2. The standard InChI is InChI=1S/C8H15NO3S/c1-5(2)7(8(11)12)9-6(10)3-4-13/h5,7,13H,3-4H2,1-2H3,(H,9,10)(H,11,12)/p-1/t7-/m1/s1. The Hall–Kier alpha value is -0.710. The Kier molecular flexibility index (Phi) is 5.53. The number of nitrogens with one attached hydrogen (secondary N) is 1. The topological polar surface area (TPSA) is 69.2 Å². The van der Waals surface area contributed by atoms with Crippen molar-refractivity contribution >= 4 is 24.5 Å². The van der Waals surface area contributed by atoms with Crippen LogP contribution in [0.25, 0.3) is 0 Å². The first-order chi connectivity index (χ1) is 5.99. The van der Waals surface area contributed by atoms with E-state index >= 15 is 0 Å². The fourth-order valence-corrected chi connectivity index (χ4v) is 1.05. The van der Waals surface area contributed by atoms with Crippen molar-refractivity contribution in [2.24, 2.45) is 5.92 Å².